The van der Waals surface area contributed by atoms with Crippen molar-refractivity contribution in [3.8, 4) is 6.07 Å². The number of nitrogens with zero attached hydrogens (tertiary/aromatic N) is 8. The molecule has 0 N–H and O–H groups in total. The second-order valence-electron chi connectivity index (χ2n) is 6.70. The van der Waals surface area contributed by atoms with Crippen LogP contribution in [-0.4, -0.2) is 57.3 Å². The van der Waals surface area contributed by atoms with Crippen molar-refractivity contribution in [2.45, 2.75) is 38.3 Å². The van der Waals surface area contributed by atoms with Crippen LogP contribution in [0.3, 0.4) is 0 Å². The normalized spacial score (nSPS) is 17.7. The molecule has 2 aromatic heterocycles. The first-order chi connectivity index (χ1) is 13.3. The molecule has 0 unspecified atom stereocenters. The number of ether oxygens (including phenoxy) is 1. The minimum absolute atomic E-state index is 0.137. The van der Waals surface area contributed by atoms with Crippen molar-refractivity contribution in [3.05, 3.63) is 30.1 Å². The van der Waals surface area contributed by atoms with E-state index < -0.39 is 0 Å². The van der Waals surface area contributed by atoms with Gasteiger partial charge in [0.05, 0.1) is 19.8 Å². The lowest BCUT2D eigenvalue weighted by Gasteiger charge is -2.30. The summed E-state index contributed by atoms with van der Waals surface area (Å²) in [6.45, 7) is 3.20. The lowest BCUT2D eigenvalue weighted by atomic mass is 10.2. The zero-order valence-electron chi connectivity index (χ0n) is 15.2. The summed E-state index contributed by atoms with van der Waals surface area (Å²) >= 11 is 0. The summed E-state index contributed by atoms with van der Waals surface area (Å²) in [5.74, 6) is 1.92. The molecule has 0 bridgehead atoms. The highest BCUT2D eigenvalue weighted by molar-refractivity contribution is 5.42. The van der Waals surface area contributed by atoms with E-state index in [1.807, 2.05) is 4.90 Å². The fourth-order valence-corrected chi connectivity index (χ4v) is 3.58. The first-order valence-electron chi connectivity index (χ1n) is 9.35. The summed E-state index contributed by atoms with van der Waals surface area (Å²) < 4.78 is 5.41. The number of rotatable bonds is 5. The summed E-state index contributed by atoms with van der Waals surface area (Å²) in [7, 11) is 0. The molecule has 9 nitrogen and oxygen atoms in total. The van der Waals surface area contributed by atoms with Gasteiger partial charge in [0.25, 0.3) is 0 Å². The van der Waals surface area contributed by atoms with Gasteiger partial charge in [-0.3, -0.25) is 0 Å². The number of nitriles is 1. The van der Waals surface area contributed by atoms with Crippen LogP contribution in [0, 0.1) is 11.3 Å². The molecule has 1 aliphatic carbocycles. The van der Waals surface area contributed by atoms with Crippen LogP contribution >= 0.6 is 0 Å². The van der Waals surface area contributed by atoms with Crippen molar-refractivity contribution in [2.75, 3.05) is 36.1 Å². The van der Waals surface area contributed by atoms with Gasteiger partial charge in [-0.05, 0) is 18.9 Å². The molecule has 2 aromatic rings. The molecule has 0 spiro atoms. The largest absolute Gasteiger partial charge is 0.378 e. The highest BCUT2D eigenvalue weighted by Crippen LogP contribution is 2.28. The van der Waals surface area contributed by atoms with E-state index in [4.69, 9.17) is 9.72 Å². The molecule has 2 fully saturated rings. The van der Waals surface area contributed by atoms with Gasteiger partial charge in [-0.15, -0.1) is 0 Å². The van der Waals surface area contributed by atoms with Crippen molar-refractivity contribution < 1.29 is 4.74 Å². The van der Waals surface area contributed by atoms with Gasteiger partial charge in [0.2, 0.25) is 17.7 Å². The van der Waals surface area contributed by atoms with Crippen LogP contribution in [0.5, 0.6) is 0 Å². The van der Waals surface area contributed by atoms with E-state index in [1.54, 1.807) is 18.5 Å². The minimum atomic E-state index is 0.137. The Bertz CT molecular complexity index is 797. The average molecular weight is 366 g/mol. The van der Waals surface area contributed by atoms with Gasteiger partial charge in [-0.1, -0.05) is 12.8 Å². The third-order valence-electron chi connectivity index (χ3n) is 4.96. The van der Waals surface area contributed by atoms with Crippen molar-refractivity contribution >= 4 is 11.9 Å². The van der Waals surface area contributed by atoms with Crippen molar-refractivity contribution in [1.29, 1.82) is 5.26 Å². The Morgan fingerprint density at radius 2 is 1.85 bits per heavy atom. The smallest absolute Gasteiger partial charge is 0.238 e. The zero-order chi connectivity index (χ0) is 18.5. The van der Waals surface area contributed by atoms with E-state index in [1.165, 1.54) is 12.8 Å². The van der Waals surface area contributed by atoms with Crippen LogP contribution in [0.4, 0.5) is 11.9 Å². The highest BCUT2D eigenvalue weighted by Gasteiger charge is 2.27. The Kier molecular flexibility index (Phi) is 5.34. The molecule has 0 aromatic carbocycles. The predicted molar refractivity (Wildman–Crippen MR) is 98.0 cm³/mol. The van der Waals surface area contributed by atoms with Crippen LogP contribution in [-0.2, 0) is 11.3 Å². The average Bonchev–Trinajstić information content (AvgIpc) is 3.27. The molecule has 1 saturated heterocycles. The van der Waals surface area contributed by atoms with Crippen LogP contribution in [0.15, 0.2) is 18.5 Å². The Hall–Kier alpha value is -2.86. The Balaban J connectivity index is 1.68. The molecule has 9 heteroatoms. The first-order valence-corrected chi connectivity index (χ1v) is 9.35. The molecule has 0 amide bonds. The fourth-order valence-electron chi connectivity index (χ4n) is 3.58. The van der Waals surface area contributed by atoms with Crippen LogP contribution in [0.1, 0.15) is 37.3 Å². The monoisotopic (exact) mass is 366 g/mol. The topological polar surface area (TPSA) is 104 Å². The lowest BCUT2D eigenvalue weighted by molar-refractivity contribution is 0.122. The van der Waals surface area contributed by atoms with Crippen molar-refractivity contribution in [1.82, 2.24) is 24.9 Å². The zero-order valence-corrected chi connectivity index (χ0v) is 15.2. The Labute approximate surface area is 158 Å². The summed E-state index contributed by atoms with van der Waals surface area (Å²) in [4.78, 5) is 26.3. The maximum absolute atomic E-state index is 9.43. The second kappa shape index (κ2) is 8.22. The highest BCUT2D eigenvalue weighted by atomic mass is 16.5. The second-order valence-corrected chi connectivity index (χ2v) is 6.70. The molecule has 4 rings (SSSR count). The summed E-state index contributed by atoms with van der Waals surface area (Å²) in [6.07, 6.45) is 8.00. The maximum Gasteiger partial charge on any atom is 0.238 e. The summed E-state index contributed by atoms with van der Waals surface area (Å²) in [6, 6.07) is 4.20. The fraction of sp³-hybridized carbons (Fsp3) is 0.556. The van der Waals surface area contributed by atoms with E-state index in [-0.39, 0.29) is 5.82 Å². The molecule has 140 valence electrons. The quantitative estimate of drug-likeness (QED) is 0.774. The molecule has 2 aliphatic rings. The number of hydrogen-bond donors (Lipinski definition) is 0. The van der Waals surface area contributed by atoms with E-state index >= 15 is 0 Å². The van der Waals surface area contributed by atoms with Gasteiger partial charge in [-0.2, -0.15) is 20.2 Å². The van der Waals surface area contributed by atoms with E-state index in [9.17, 15) is 5.26 Å². The number of morpholine rings is 1. The third-order valence-corrected chi connectivity index (χ3v) is 4.96. The van der Waals surface area contributed by atoms with E-state index in [0.717, 1.165) is 18.7 Å². The summed E-state index contributed by atoms with van der Waals surface area (Å²) in [5, 5.41) is 9.43. The Morgan fingerprint density at radius 3 is 2.56 bits per heavy atom. The Morgan fingerprint density at radius 1 is 1.11 bits per heavy atom. The van der Waals surface area contributed by atoms with Gasteiger partial charge >= 0.3 is 0 Å². The molecular formula is C18H22N8O. The minimum Gasteiger partial charge on any atom is -0.378 e. The lowest BCUT2D eigenvalue weighted by Crippen LogP contribution is -2.39. The van der Waals surface area contributed by atoms with Gasteiger partial charge in [-0.25, -0.2) is 9.97 Å². The van der Waals surface area contributed by atoms with Gasteiger partial charge in [0.1, 0.15) is 11.9 Å². The van der Waals surface area contributed by atoms with E-state index in [0.29, 0.717) is 50.8 Å². The van der Waals surface area contributed by atoms with Crippen LogP contribution < -0.4 is 9.80 Å². The SMILES string of the molecule is N#Cc1nc(N2CCOCC2)nc(N(Cc2ncccn2)C2CCCC2)n1. The molecule has 0 radical (unpaired) electrons. The molecular weight excluding hydrogens is 344 g/mol. The van der Waals surface area contributed by atoms with Crippen LogP contribution in [0.2, 0.25) is 0 Å². The first kappa shape index (κ1) is 17.5. The number of aromatic nitrogens is 5. The van der Waals surface area contributed by atoms with Gasteiger partial charge < -0.3 is 14.5 Å². The number of anilines is 2. The van der Waals surface area contributed by atoms with E-state index in [2.05, 4.69) is 30.9 Å². The molecule has 0 atom stereocenters. The van der Waals surface area contributed by atoms with Gasteiger partial charge in [0.15, 0.2) is 0 Å². The third kappa shape index (κ3) is 4.11. The van der Waals surface area contributed by atoms with Crippen molar-refractivity contribution in [2.24, 2.45) is 0 Å². The number of hydrogen-bond acceptors (Lipinski definition) is 9. The maximum atomic E-state index is 9.43. The molecule has 1 aliphatic heterocycles. The van der Waals surface area contributed by atoms with Crippen molar-refractivity contribution in [3.63, 3.8) is 0 Å². The molecule has 3 heterocycles. The van der Waals surface area contributed by atoms with Gasteiger partial charge in [0, 0.05) is 31.5 Å². The standard InChI is InChI=1S/C18H22N8O/c19-12-15-22-17(25-8-10-27-11-9-25)24-18(23-15)26(14-4-1-2-5-14)13-16-20-6-3-7-21-16/h3,6-7,14H,1-2,4-5,8-11,13H2. The van der Waals surface area contributed by atoms with Crippen LogP contribution in [0.25, 0.3) is 0 Å². The molecule has 1 saturated carbocycles. The summed E-state index contributed by atoms with van der Waals surface area (Å²) in [5.41, 5.74) is 0. The molecule has 27 heavy (non-hydrogen) atoms. The predicted octanol–water partition coefficient (Wildman–Crippen LogP) is 1.32.